The van der Waals surface area contributed by atoms with Gasteiger partial charge in [-0.25, -0.2) is 0 Å². The number of hydrogen-bond acceptors (Lipinski definition) is 5. The van der Waals surface area contributed by atoms with Crippen molar-refractivity contribution < 1.29 is 14.4 Å². The fourth-order valence-electron chi connectivity index (χ4n) is 2.34. The van der Waals surface area contributed by atoms with E-state index in [1.54, 1.807) is 12.1 Å². The normalized spacial score (nSPS) is 15.9. The van der Waals surface area contributed by atoms with Crippen molar-refractivity contribution in [3.63, 3.8) is 0 Å². The summed E-state index contributed by atoms with van der Waals surface area (Å²) in [5.74, 6) is 1.23. The Morgan fingerprint density at radius 1 is 1.43 bits per heavy atom. The van der Waals surface area contributed by atoms with E-state index in [1.165, 1.54) is 6.07 Å². The van der Waals surface area contributed by atoms with Crippen LogP contribution in [0.3, 0.4) is 0 Å². The largest absolute Gasteiger partial charge is 0.493 e. The number of benzene rings is 1. The molecule has 0 atom stereocenters. The van der Waals surface area contributed by atoms with Crippen molar-refractivity contribution in [1.82, 2.24) is 5.32 Å². The van der Waals surface area contributed by atoms with Gasteiger partial charge in [-0.1, -0.05) is 6.92 Å². The second-order valence-electron chi connectivity index (χ2n) is 5.20. The number of hydrogen-bond donors (Lipinski definition) is 1. The Kier molecular flexibility index (Phi) is 5.95. The van der Waals surface area contributed by atoms with Crippen LogP contribution in [0.4, 0.5) is 5.69 Å². The quantitative estimate of drug-likeness (QED) is 0.618. The molecule has 0 saturated carbocycles. The zero-order valence-electron chi connectivity index (χ0n) is 12.3. The first-order valence-corrected chi connectivity index (χ1v) is 7.39. The second kappa shape index (κ2) is 7.95. The number of nitro benzene ring substituents is 1. The van der Waals surface area contributed by atoms with Gasteiger partial charge in [-0.05, 0) is 31.4 Å². The zero-order valence-corrected chi connectivity index (χ0v) is 12.3. The molecule has 6 nitrogen and oxygen atoms in total. The summed E-state index contributed by atoms with van der Waals surface area (Å²) in [6.45, 7) is 5.60. The summed E-state index contributed by atoms with van der Waals surface area (Å²) in [6, 6.07) is 4.78. The van der Waals surface area contributed by atoms with Crippen molar-refractivity contribution in [3.8, 4) is 5.75 Å². The van der Waals surface area contributed by atoms with Crippen LogP contribution in [0.2, 0.25) is 0 Å². The molecule has 0 aromatic heterocycles. The number of nitrogens with one attached hydrogen (secondary N) is 1. The fourth-order valence-corrected chi connectivity index (χ4v) is 2.34. The van der Waals surface area contributed by atoms with Crippen molar-refractivity contribution in [2.24, 2.45) is 5.92 Å². The van der Waals surface area contributed by atoms with E-state index >= 15 is 0 Å². The SMILES string of the molecule is CCNCc1cc([N+](=O)[O-])ccc1OCC1CCOCC1. The van der Waals surface area contributed by atoms with Crippen molar-refractivity contribution in [2.75, 3.05) is 26.4 Å². The predicted molar refractivity (Wildman–Crippen MR) is 79.5 cm³/mol. The molecular formula is C15H22N2O4. The first kappa shape index (κ1) is 15.7. The third-order valence-corrected chi connectivity index (χ3v) is 3.64. The van der Waals surface area contributed by atoms with Gasteiger partial charge in [-0.3, -0.25) is 10.1 Å². The fraction of sp³-hybridized carbons (Fsp3) is 0.600. The molecule has 0 spiro atoms. The summed E-state index contributed by atoms with van der Waals surface area (Å²) in [5.41, 5.74) is 0.930. The molecular weight excluding hydrogens is 272 g/mol. The van der Waals surface area contributed by atoms with Gasteiger partial charge in [-0.2, -0.15) is 0 Å². The maximum absolute atomic E-state index is 10.9. The summed E-state index contributed by atoms with van der Waals surface area (Å²) in [4.78, 5) is 10.5. The second-order valence-corrected chi connectivity index (χ2v) is 5.20. The first-order chi connectivity index (χ1) is 10.2. The first-order valence-electron chi connectivity index (χ1n) is 7.39. The molecule has 0 aliphatic carbocycles. The van der Waals surface area contributed by atoms with Gasteiger partial charge in [0.05, 0.1) is 11.5 Å². The van der Waals surface area contributed by atoms with Gasteiger partial charge in [-0.15, -0.1) is 0 Å². The zero-order chi connectivity index (χ0) is 15.1. The molecule has 1 fully saturated rings. The van der Waals surface area contributed by atoms with Crippen molar-refractivity contribution in [2.45, 2.75) is 26.3 Å². The molecule has 0 radical (unpaired) electrons. The Hall–Kier alpha value is -1.66. The number of non-ortho nitro benzene ring substituents is 1. The lowest BCUT2D eigenvalue weighted by Gasteiger charge is -2.22. The summed E-state index contributed by atoms with van der Waals surface area (Å²) < 4.78 is 11.2. The minimum absolute atomic E-state index is 0.0984. The smallest absolute Gasteiger partial charge is 0.270 e. The van der Waals surface area contributed by atoms with Gasteiger partial charge in [0.2, 0.25) is 0 Å². The topological polar surface area (TPSA) is 73.6 Å². The molecule has 1 heterocycles. The third-order valence-electron chi connectivity index (χ3n) is 3.64. The number of rotatable bonds is 7. The molecule has 1 aliphatic rings. The Balaban J connectivity index is 2.03. The molecule has 21 heavy (non-hydrogen) atoms. The van der Waals surface area contributed by atoms with Gasteiger partial charge >= 0.3 is 0 Å². The molecule has 0 amide bonds. The van der Waals surface area contributed by atoms with Gasteiger partial charge in [0.1, 0.15) is 5.75 Å². The van der Waals surface area contributed by atoms with E-state index in [-0.39, 0.29) is 10.6 Å². The van der Waals surface area contributed by atoms with Crippen molar-refractivity contribution in [1.29, 1.82) is 0 Å². The van der Waals surface area contributed by atoms with Crippen LogP contribution in [0.5, 0.6) is 5.75 Å². The summed E-state index contributed by atoms with van der Waals surface area (Å²) in [7, 11) is 0. The van der Waals surface area contributed by atoms with Crippen molar-refractivity contribution in [3.05, 3.63) is 33.9 Å². The Morgan fingerprint density at radius 3 is 2.86 bits per heavy atom. The Bertz CT molecular complexity index is 473. The number of nitrogens with zero attached hydrogens (tertiary/aromatic N) is 1. The van der Waals surface area contributed by atoms with Crippen LogP contribution in [0.25, 0.3) is 0 Å². The lowest BCUT2D eigenvalue weighted by atomic mass is 10.0. The lowest BCUT2D eigenvalue weighted by molar-refractivity contribution is -0.384. The molecule has 1 saturated heterocycles. The highest BCUT2D eigenvalue weighted by atomic mass is 16.6. The van der Waals surface area contributed by atoms with Gasteiger partial charge < -0.3 is 14.8 Å². The van der Waals surface area contributed by atoms with Gasteiger partial charge in [0.15, 0.2) is 0 Å². The summed E-state index contributed by atoms with van der Waals surface area (Å²) >= 11 is 0. The lowest BCUT2D eigenvalue weighted by Crippen LogP contribution is -2.22. The molecule has 0 unspecified atom stereocenters. The van der Waals surface area contributed by atoms with Crippen LogP contribution in [0.1, 0.15) is 25.3 Å². The average molecular weight is 294 g/mol. The highest BCUT2D eigenvalue weighted by Gasteiger charge is 2.16. The van der Waals surface area contributed by atoms with Crippen LogP contribution in [-0.4, -0.2) is 31.3 Å². The van der Waals surface area contributed by atoms with Crippen LogP contribution >= 0.6 is 0 Å². The molecule has 1 aromatic rings. The molecule has 2 rings (SSSR count). The maximum Gasteiger partial charge on any atom is 0.270 e. The molecule has 116 valence electrons. The van der Waals surface area contributed by atoms with E-state index in [4.69, 9.17) is 9.47 Å². The van der Waals surface area contributed by atoms with E-state index in [1.807, 2.05) is 6.92 Å². The predicted octanol–water partition coefficient (Wildman–Crippen LogP) is 2.51. The molecule has 0 bridgehead atoms. The van der Waals surface area contributed by atoms with Gasteiger partial charge in [0, 0.05) is 37.5 Å². The molecule has 1 N–H and O–H groups in total. The van der Waals surface area contributed by atoms with E-state index in [2.05, 4.69) is 5.32 Å². The van der Waals surface area contributed by atoms with E-state index in [0.29, 0.717) is 19.1 Å². The van der Waals surface area contributed by atoms with Crippen LogP contribution in [0, 0.1) is 16.0 Å². The highest BCUT2D eigenvalue weighted by molar-refractivity contribution is 5.43. The van der Waals surface area contributed by atoms with Gasteiger partial charge in [0.25, 0.3) is 5.69 Å². The van der Waals surface area contributed by atoms with E-state index in [0.717, 1.165) is 43.9 Å². The number of nitro groups is 1. The van der Waals surface area contributed by atoms with Crippen LogP contribution in [0.15, 0.2) is 18.2 Å². The van der Waals surface area contributed by atoms with E-state index in [9.17, 15) is 10.1 Å². The maximum atomic E-state index is 10.9. The van der Waals surface area contributed by atoms with Crippen LogP contribution in [-0.2, 0) is 11.3 Å². The highest BCUT2D eigenvalue weighted by Crippen LogP contribution is 2.25. The Labute approximate surface area is 124 Å². The third kappa shape index (κ3) is 4.68. The number of ether oxygens (including phenoxy) is 2. The summed E-state index contributed by atoms with van der Waals surface area (Å²) in [5, 5.41) is 14.1. The minimum Gasteiger partial charge on any atom is -0.493 e. The van der Waals surface area contributed by atoms with Crippen LogP contribution < -0.4 is 10.1 Å². The molecule has 1 aliphatic heterocycles. The average Bonchev–Trinajstić information content (AvgIpc) is 2.52. The summed E-state index contributed by atoms with van der Waals surface area (Å²) in [6.07, 6.45) is 2.02. The Morgan fingerprint density at radius 2 is 2.19 bits per heavy atom. The minimum atomic E-state index is -0.377. The molecule has 6 heteroatoms. The standard InChI is InChI=1S/C15H22N2O4/c1-2-16-10-13-9-14(17(18)19)3-4-15(13)21-11-12-5-7-20-8-6-12/h3-4,9,12,16H,2,5-8,10-11H2,1H3. The van der Waals surface area contributed by atoms with E-state index < -0.39 is 0 Å². The van der Waals surface area contributed by atoms with Crippen molar-refractivity contribution >= 4 is 5.69 Å². The monoisotopic (exact) mass is 294 g/mol. The molecule has 1 aromatic carbocycles.